The summed E-state index contributed by atoms with van der Waals surface area (Å²) in [5, 5.41) is 16.5. The van der Waals surface area contributed by atoms with E-state index in [4.69, 9.17) is 9.47 Å². The number of nitrogens with one attached hydrogen (secondary N) is 2. The van der Waals surface area contributed by atoms with Gasteiger partial charge in [0.05, 0.1) is 20.3 Å². The van der Waals surface area contributed by atoms with Gasteiger partial charge in [0.25, 0.3) is 0 Å². The van der Waals surface area contributed by atoms with Crippen LogP contribution in [0.1, 0.15) is 17.5 Å². The van der Waals surface area contributed by atoms with Gasteiger partial charge in [0.15, 0.2) is 0 Å². The van der Waals surface area contributed by atoms with Crippen molar-refractivity contribution in [3.05, 3.63) is 59.7 Å². The van der Waals surface area contributed by atoms with Gasteiger partial charge in [-0.05, 0) is 30.2 Å². The number of rotatable bonds is 6. The summed E-state index contributed by atoms with van der Waals surface area (Å²) in [4.78, 5) is 12.0. The average Bonchev–Trinajstić information content (AvgIpc) is 2.67. The minimum absolute atomic E-state index is 0.141. The van der Waals surface area contributed by atoms with Crippen molar-refractivity contribution >= 4 is 6.03 Å². The molecule has 1 atom stereocenters. The van der Waals surface area contributed by atoms with Gasteiger partial charge in [-0.1, -0.05) is 30.3 Å². The summed E-state index contributed by atoms with van der Waals surface area (Å²) in [6.45, 7) is 1.08. The number of carbonyl (C=O) groups is 1. The van der Waals surface area contributed by atoms with Crippen LogP contribution in [-0.2, 0) is 12.0 Å². The van der Waals surface area contributed by atoms with Gasteiger partial charge >= 0.3 is 6.03 Å². The molecule has 0 spiro atoms. The molecule has 0 aliphatic carbocycles. The lowest BCUT2D eigenvalue weighted by molar-refractivity contribution is 0.0000747. The van der Waals surface area contributed by atoms with Crippen LogP contribution in [-0.4, -0.2) is 37.9 Å². The first kappa shape index (κ1) is 18.1. The number of para-hydroxylation sites is 1. The van der Waals surface area contributed by atoms with Gasteiger partial charge in [0.1, 0.15) is 17.1 Å². The maximum atomic E-state index is 12.0. The molecule has 3 N–H and O–H groups in total. The van der Waals surface area contributed by atoms with Crippen molar-refractivity contribution in [2.24, 2.45) is 0 Å². The Morgan fingerprint density at radius 3 is 2.73 bits per heavy atom. The number of ether oxygens (including phenoxy) is 2. The van der Waals surface area contributed by atoms with E-state index in [2.05, 4.69) is 10.6 Å². The van der Waals surface area contributed by atoms with Crippen LogP contribution in [0, 0.1) is 0 Å². The van der Waals surface area contributed by atoms with Crippen LogP contribution in [0.5, 0.6) is 11.5 Å². The molecule has 2 aromatic carbocycles. The van der Waals surface area contributed by atoms with E-state index in [9.17, 15) is 9.90 Å². The van der Waals surface area contributed by atoms with Crippen molar-refractivity contribution in [2.75, 3.05) is 26.8 Å². The van der Waals surface area contributed by atoms with E-state index in [-0.39, 0.29) is 12.6 Å². The van der Waals surface area contributed by atoms with Crippen molar-refractivity contribution in [3.8, 4) is 11.5 Å². The number of carbonyl (C=O) groups excluding carboxylic acids is 1. The lowest BCUT2D eigenvalue weighted by Gasteiger charge is -2.34. The SMILES string of the molecule is COc1ccc(CCNC(=O)NCC2(O)CCOc3ccccc32)cc1. The molecule has 0 fully saturated rings. The maximum absolute atomic E-state index is 12.0. The summed E-state index contributed by atoms with van der Waals surface area (Å²) in [6, 6.07) is 14.8. The summed E-state index contributed by atoms with van der Waals surface area (Å²) < 4.78 is 10.7. The highest BCUT2D eigenvalue weighted by Crippen LogP contribution is 2.36. The Balaban J connectivity index is 1.47. The molecule has 0 radical (unpaired) electrons. The fourth-order valence-electron chi connectivity index (χ4n) is 3.03. The number of aliphatic hydroxyl groups is 1. The monoisotopic (exact) mass is 356 g/mol. The lowest BCUT2D eigenvalue weighted by atomic mass is 9.88. The Hall–Kier alpha value is -2.73. The van der Waals surface area contributed by atoms with E-state index in [1.165, 1.54) is 0 Å². The smallest absolute Gasteiger partial charge is 0.314 e. The minimum Gasteiger partial charge on any atom is -0.497 e. The van der Waals surface area contributed by atoms with Crippen molar-refractivity contribution in [1.29, 1.82) is 0 Å². The van der Waals surface area contributed by atoms with Gasteiger partial charge in [0, 0.05) is 18.5 Å². The Morgan fingerprint density at radius 2 is 1.96 bits per heavy atom. The first-order chi connectivity index (χ1) is 12.6. The van der Waals surface area contributed by atoms with E-state index >= 15 is 0 Å². The second-order valence-corrected chi connectivity index (χ2v) is 6.33. The Kier molecular flexibility index (Phi) is 5.63. The Bertz CT molecular complexity index is 748. The molecule has 6 heteroatoms. The third-order valence-corrected chi connectivity index (χ3v) is 4.56. The highest BCUT2D eigenvalue weighted by Gasteiger charge is 2.35. The van der Waals surface area contributed by atoms with Gasteiger partial charge in [-0.25, -0.2) is 4.79 Å². The maximum Gasteiger partial charge on any atom is 0.314 e. The number of amides is 2. The predicted molar refractivity (Wildman–Crippen MR) is 98.6 cm³/mol. The molecule has 0 aromatic heterocycles. The second-order valence-electron chi connectivity index (χ2n) is 6.33. The Morgan fingerprint density at radius 1 is 1.19 bits per heavy atom. The van der Waals surface area contributed by atoms with Crippen LogP contribution in [0.4, 0.5) is 4.79 Å². The zero-order valence-corrected chi connectivity index (χ0v) is 14.8. The molecular formula is C20H24N2O4. The van der Waals surface area contributed by atoms with Gasteiger partial charge in [-0.2, -0.15) is 0 Å². The fraction of sp³-hybridized carbons (Fsp3) is 0.350. The molecule has 1 aliphatic heterocycles. The number of hydrogen-bond acceptors (Lipinski definition) is 4. The van der Waals surface area contributed by atoms with Crippen LogP contribution in [0.3, 0.4) is 0 Å². The van der Waals surface area contributed by atoms with E-state index in [1.54, 1.807) is 7.11 Å². The number of benzene rings is 2. The first-order valence-electron chi connectivity index (χ1n) is 8.70. The van der Waals surface area contributed by atoms with Crippen LogP contribution in [0.25, 0.3) is 0 Å². The molecule has 1 heterocycles. The summed E-state index contributed by atoms with van der Waals surface area (Å²) in [6.07, 6.45) is 1.16. The zero-order chi connectivity index (χ0) is 18.4. The molecule has 2 aromatic rings. The van der Waals surface area contributed by atoms with Crippen molar-refractivity contribution in [3.63, 3.8) is 0 Å². The lowest BCUT2D eigenvalue weighted by Crippen LogP contribution is -2.47. The minimum atomic E-state index is -1.11. The third-order valence-electron chi connectivity index (χ3n) is 4.56. The molecular weight excluding hydrogens is 332 g/mol. The van der Waals surface area contributed by atoms with Crippen molar-refractivity contribution in [2.45, 2.75) is 18.4 Å². The van der Waals surface area contributed by atoms with Gasteiger partial charge in [-0.15, -0.1) is 0 Å². The molecule has 0 saturated heterocycles. The van der Waals surface area contributed by atoms with Crippen LogP contribution < -0.4 is 20.1 Å². The van der Waals surface area contributed by atoms with Crippen molar-refractivity contribution in [1.82, 2.24) is 10.6 Å². The summed E-state index contributed by atoms with van der Waals surface area (Å²) in [5.41, 5.74) is 0.718. The van der Waals surface area contributed by atoms with Crippen LogP contribution >= 0.6 is 0 Å². The number of urea groups is 1. The molecule has 0 saturated carbocycles. The molecule has 2 amide bonds. The highest BCUT2D eigenvalue weighted by atomic mass is 16.5. The molecule has 138 valence electrons. The number of methoxy groups -OCH3 is 1. The molecule has 26 heavy (non-hydrogen) atoms. The average molecular weight is 356 g/mol. The van der Waals surface area contributed by atoms with E-state index in [0.717, 1.165) is 17.7 Å². The molecule has 0 bridgehead atoms. The van der Waals surface area contributed by atoms with Gasteiger partial charge in [0.2, 0.25) is 0 Å². The van der Waals surface area contributed by atoms with Crippen LogP contribution in [0.15, 0.2) is 48.5 Å². The first-order valence-corrected chi connectivity index (χ1v) is 8.70. The van der Waals surface area contributed by atoms with E-state index in [0.29, 0.717) is 30.9 Å². The predicted octanol–water partition coefficient (Wildman–Crippen LogP) is 2.21. The van der Waals surface area contributed by atoms with E-state index in [1.807, 2.05) is 48.5 Å². The quantitative estimate of drug-likeness (QED) is 0.741. The van der Waals surface area contributed by atoms with Crippen LogP contribution in [0.2, 0.25) is 0 Å². The molecule has 1 unspecified atom stereocenters. The zero-order valence-electron chi connectivity index (χ0n) is 14.8. The largest absolute Gasteiger partial charge is 0.497 e. The summed E-state index contributed by atoms with van der Waals surface area (Å²) in [7, 11) is 1.63. The summed E-state index contributed by atoms with van der Waals surface area (Å²) in [5.74, 6) is 1.48. The normalized spacial score (nSPS) is 18.4. The number of hydrogen-bond donors (Lipinski definition) is 3. The van der Waals surface area contributed by atoms with Gasteiger partial charge < -0.3 is 25.2 Å². The fourth-order valence-corrected chi connectivity index (χ4v) is 3.03. The molecule has 3 rings (SSSR count). The standard InChI is InChI=1S/C20H24N2O4/c1-25-16-8-6-15(7-9-16)10-12-21-19(23)22-14-20(24)11-13-26-18-5-3-2-4-17(18)20/h2-9,24H,10-14H2,1H3,(H2,21,22,23). The van der Waals surface area contributed by atoms with Crippen molar-refractivity contribution < 1.29 is 19.4 Å². The molecule has 6 nitrogen and oxygen atoms in total. The van der Waals surface area contributed by atoms with Gasteiger partial charge in [-0.3, -0.25) is 0 Å². The molecule has 1 aliphatic rings. The highest BCUT2D eigenvalue weighted by molar-refractivity contribution is 5.74. The number of fused-ring (bicyclic) bond motifs is 1. The summed E-state index contributed by atoms with van der Waals surface area (Å²) >= 11 is 0. The van der Waals surface area contributed by atoms with E-state index < -0.39 is 5.60 Å². The topological polar surface area (TPSA) is 79.8 Å². The third kappa shape index (κ3) is 4.26. The second kappa shape index (κ2) is 8.10. The Labute approximate surface area is 153 Å².